The van der Waals surface area contributed by atoms with Crippen LogP contribution in [0.25, 0.3) is 0 Å². The lowest BCUT2D eigenvalue weighted by Crippen LogP contribution is -2.00. The van der Waals surface area contributed by atoms with E-state index < -0.39 is 0 Å². The second kappa shape index (κ2) is 4.58. The monoisotopic (exact) mass is 226 g/mol. The van der Waals surface area contributed by atoms with Gasteiger partial charge in [-0.15, -0.1) is 0 Å². The Bertz CT molecular complexity index is 521. The van der Waals surface area contributed by atoms with Crippen molar-refractivity contribution < 1.29 is 0 Å². The molecule has 2 nitrogen and oxygen atoms in total. The van der Waals surface area contributed by atoms with E-state index in [9.17, 15) is 0 Å². The number of aryl methyl sites for hydroxylation is 3. The number of nitrogens with two attached hydrogens (primary N) is 1. The highest BCUT2D eigenvalue weighted by Gasteiger charge is 2.07. The zero-order valence-corrected chi connectivity index (χ0v) is 10.6. The van der Waals surface area contributed by atoms with Gasteiger partial charge in [-0.3, -0.25) is 4.98 Å². The zero-order valence-electron chi connectivity index (χ0n) is 10.6. The summed E-state index contributed by atoms with van der Waals surface area (Å²) in [6.07, 6.45) is 4.39. The molecule has 1 aromatic heterocycles. The summed E-state index contributed by atoms with van der Waals surface area (Å²) in [5, 5.41) is 0. The number of rotatable bonds is 2. The summed E-state index contributed by atoms with van der Waals surface area (Å²) in [6.45, 7) is 6.45. The highest BCUT2D eigenvalue weighted by molar-refractivity contribution is 5.49. The lowest BCUT2D eigenvalue weighted by atomic mass is 9.94. The first-order chi connectivity index (χ1) is 8.08. The van der Waals surface area contributed by atoms with Gasteiger partial charge in [-0.25, -0.2) is 0 Å². The largest absolute Gasteiger partial charge is 0.397 e. The number of hydrogen-bond acceptors (Lipinski definition) is 2. The predicted octanol–water partition coefficient (Wildman–Crippen LogP) is 3.18. The van der Waals surface area contributed by atoms with E-state index in [-0.39, 0.29) is 0 Å². The lowest BCUT2D eigenvalue weighted by Gasteiger charge is -2.12. The molecule has 0 fully saturated rings. The van der Waals surface area contributed by atoms with Gasteiger partial charge in [-0.05, 0) is 49.1 Å². The molecule has 0 unspecified atom stereocenters. The van der Waals surface area contributed by atoms with Crippen LogP contribution < -0.4 is 5.73 Å². The maximum Gasteiger partial charge on any atom is 0.0536 e. The molecule has 2 aromatic rings. The van der Waals surface area contributed by atoms with Crippen LogP contribution in [0.3, 0.4) is 0 Å². The van der Waals surface area contributed by atoms with Gasteiger partial charge in [-0.2, -0.15) is 0 Å². The van der Waals surface area contributed by atoms with Crippen molar-refractivity contribution in [1.82, 2.24) is 4.98 Å². The number of benzene rings is 1. The van der Waals surface area contributed by atoms with Crippen LogP contribution in [0.2, 0.25) is 0 Å². The van der Waals surface area contributed by atoms with E-state index in [4.69, 9.17) is 5.73 Å². The minimum Gasteiger partial charge on any atom is -0.397 e. The topological polar surface area (TPSA) is 38.9 Å². The van der Waals surface area contributed by atoms with Crippen LogP contribution in [0.1, 0.15) is 27.8 Å². The van der Waals surface area contributed by atoms with E-state index in [0.29, 0.717) is 0 Å². The van der Waals surface area contributed by atoms with Crippen molar-refractivity contribution in [1.29, 1.82) is 0 Å². The lowest BCUT2D eigenvalue weighted by molar-refractivity contribution is 1.10. The molecule has 0 saturated heterocycles. The van der Waals surface area contributed by atoms with E-state index in [1.807, 2.05) is 6.07 Å². The molecular weight excluding hydrogens is 208 g/mol. The summed E-state index contributed by atoms with van der Waals surface area (Å²) >= 11 is 0. The van der Waals surface area contributed by atoms with Gasteiger partial charge in [0.25, 0.3) is 0 Å². The molecule has 0 saturated carbocycles. The van der Waals surface area contributed by atoms with Gasteiger partial charge in [-0.1, -0.05) is 17.7 Å². The summed E-state index contributed by atoms with van der Waals surface area (Å²) in [7, 11) is 0. The quantitative estimate of drug-likeness (QED) is 0.854. The number of aromatic nitrogens is 1. The fourth-order valence-corrected chi connectivity index (χ4v) is 2.28. The predicted molar refractivity (Wildman–Crippen MR) is 72.1 cm³/mol. The second-order valence-electron chi connectivity index (χ2n) is 4.63. The number of anilines is 1. The Kier molecular flexibility index (Phi) is 3.14. The maximum absolute atomic E-state index is 5.94. The molecule has 0 aliphatic heterocycles. The minimum absolute atomic E-state index is 0.770. The average Bonchev–Trinajstić information content (AvgIpc) is 2.25. The fraction of sp³-hybridized carbons (Fsp3) is 0.267. The number of hydrogen-bond donors (Lipinski definition) is 1. The molecule has 0 aliphatic carbocycles. The van der Waals surface area contributed by atoms with Crippen molar-refractivity contribution in [3.8, 4) is 0 Å². The summed E-state index contributed by atoms with van der Waals surface area (Å²) in [5.74, 6) is 0. The summed E-state index contributed by atoms with van der Waals surface area (Å²) in [4.78, 5) is 4.02. The Morgan fingerprint density at radius 1 is 1.12 bits per heavy atom. The van der Waals surface area contributed by atoms with Crippen LogP contribution in [0.15, 0.2) is 30.6 Å². The number of nitrogen functional groups attached to an aromatic ring is 1. The first kappa shape index (κ1) is 11.6. The van der Waals surface area contributed by atoms with Crippen LogP contribution in [-0.2, 0) is 6.42 Å². The highest BCUT2D eigenvalue weighted by atomic mass is 14.7. The molecule has 1 heterocycles. The molecule has 17 heavy (non-hydrogen) atoms. The van der Waals surface area contributed by atoms with E-state index >= 15 is 0 Å². The van der Waals surface area contributed by atoms with E-state index in [1.165, 1.54) is 22.3 Å². The first-order valence-electron chi connectivity index (χ1n) is 5.83. The van der Waals surface area contributed by atoms with Crippen molar-refractivity contribution in [2.45, 2.75) is 27.2 Å². The Morgan fingerprint density at radius 3 is 2.35 bits per heavy atom. The zero-order chi connectivity index (χ0) is 12.4. The Balaban J connectivity index is 2.40. The minimum atomic E-state index is 0.770. The van der Waals surface area contributed by atoms with Crippen LogP contribution in [0, 0.1) is 20.8 Å². The molecule has 2 N–H and O–H groups in total. The van der Waals surface area contributed by atoms with Crippen LogP contribution in [0.4, 0.5) is 5.69 Å². The van der Waals surface area contributed by atoms with Crippen molar-refractivity contribution >= 4 is 5.69 Å². The Morgan fingerprint density at radius 2 is 1.76 bits per heavy atom. The van der Waals surface area contributed by atoms with E-state index in [1.54, 1.807) is 12.4 Å². The molecule has 0 atom stereocenters. The van der Waals surface area contributed by atoms with Crippen LogP contribution in [-0.4, -0.2) is 4.98 Å². The number of pyridine rings is 1. The van der Waals surface area contributed by atoms with Crippen LogP contribution >= 0.6 is 0 Å². The molecule has 0 bridgehead atoms. The second-order valence-corrected chi connectivity index (χ2v) is 4.63. The first-order valence-corrected chi connectivity index (χ1v) is 5.83. The van der Waals surface area contributed by atoms with E-state index in [0.717, 1.165) is 17.7 Å². The summed E-state index contributed by atoms with van der Waals surface area (Å²) in [5.41, 5.74) is 13.2. The third-order valence-corrected chi connectivity index (χ3v) is 3.15. The summed E-state index contributed by atoms with van der Waals surface area (Å²) < 4.78 is 0. The van der Waals surface area contributed by atoms with Crippen molar-refractivity contribution in [2.24, 2.45) is 0 Å². The van der Waals surface area contributed by atoms with Crippen LogP contribution in [0.5, 0.6) is 0 Å². The smallest absolute Gasteiger partial charge is 0.0536 e. The van der Waals surface area contributed by atoms with Gasteiger partial charge in [0.15, 0.2) is 0 Å². The molecule has 0 amide bonds. The van der Waals surface area contributed by atoms with Crippen molar-refractivity contribution in [3.05, 3.63) is 58.4 Å². The molecular formula is C15H18N2. The van der Waals surface area contributed by atoms with Gasteiger partial charge >= 0.3 is 0 Å². The standard InChI is InChI=1S/C15H18N2/c1-10-6-11(2)14(12(3)7-10)8-13-4-5-17-9-15(13)16/h4-7,9H,8,16H2,1-3H3. The van der Waals surface area contributed by atoms with Gasteiger partial charge in [0.1, 0.15) is 0 Å². The van der Waals surface area contributed by atoms with Crippen molar-refractivity contribution in [2.75, 3.05) is 5.73 Å². The average molecular weight is 226 g/mol. The molecule has 2 rings (SSSR count). The molecule has 0 radical (unpaired) electrons. The Hall–Kier alpha value is -1.83. The number of nitrogens with zero attached hydrogens (tertiary/aromatic N) is 1. The normalized spacial score (nSPS) is 10.5. The Labute approximate surface area is 103 Å². The van der Waals surface area contributed by atoms with Gasteiger partial charge in [0.2, 0.25) is 0 Å². The van der Waals surface area contributed by atoms with E-state index in [2.05, 4.69) is 37.9 Å². The molecule has 1 aromatic carbocycles. The highest BCUT2D eigenvalue weighted by Crippen LogP contribution is 2.22. The van der Waals surface area contributed by atoms with Gasteiger partial charge in [0, 0.05) is 12.6 Å². The molecule has 88 valence electrons. The molecule has 2 heteroatoms. The summed E-state index contributed by atoms with van der Waals surface area (Å²) in [6, 6.07) is 6.44. The van der Waals surface area contributed by atoms with Gasteiger partial charge in [0.05, 0.1) is 11.9 Å². The molecule has 0 spiro atoms. The SMILES string of the molecule is Cc1cc(C)c(Cc2ccncc2N)c(C)c1. The molecule has 0 aliphatic rings. The third kappa shape index (κ3) is 2.47. The fourth-order valence-electron chi connectivity index (χ4n) is 2.28. The van der Waals surface area contributed by atoms with Gasteiger partial charge < -0.3 is 5.73 Å². The van der Waals surface area contributed by atoms with Crippen molar-refractivity contribution in [3.63, 3.8) is 0 Å². The third-order valence-electron chi connectivity index (χ3n) is 3.15. The maximum atomic E-state index is 5.94.